The first kappa shape index (κ1) is 20.3. The van der Waals surface area contributed by atoms with Crippen molar-refractivity contribution in [3.8, 4) is 0 Å². The van der Waals surface area contributed by atoms with Gasteiger partial charge < -0.3 is 34.9 Å². The standard InChI is InChI=1S/C20H22ClN5O5/c1-10(27)28-7-13-15-20(2,31-18(30-15)11-3-5-12(21)6-4-11)19(29-13)26-9-25-14-16(22)23-8-24-17(14)26/h3-6,8,13,15,18-19,25H,7,9H2,1-2H3,(H2,22,23,24)/t13-,15-,18?,19-,20-/m1/s1. The van der Waals surface area contributed by atoms with Gasteiger partial charge in [-0.2, -0.15) is 0 Å². The molecular weight excluding hydrogens is 426 g/mol. The van der Waals surface area contributed by atoms with Crippen LogP contribution >= 0.6 is 11.6 Å². The topological polar surface area (TPSA) is 121 Å². The molecule has 0 amide bonds. The number of aromatic nitrogens is 2. The van der Waals surface area contributed by atoms with E-state index in [-0.39, 0.29) is 6.61 Å². The molecule has 5 rings (SSSR count). The number of nitrogen functional groups attached to an aromatic ring is 1. The summed E-state index contributed by atoms with van der Waals surface area (Å²) in [6, 6.07) is 7.28. The third kappa shape index (κ3) is 3.35. The minimum absolute atomic E-state index is 0.0445. The number of carbonyl (C=O) groups excluding carboxylic acids is 1. The molecule has 5 atom stereocenters. The molecule has 31 heavy (non-hydrogen) atoms. The van der Waals surface area contributed by atoms with Gasteiger partial charge in [0.05, 0.1) is 6.67 Å². The Bertz CT molecular complexity index is 1010. The summed E-state index contributed by atoms with van der Waals surface area (Å²) in [5.74, 6) is 0.575. The summed E-state index contributed by atoms with van der Waals surface area (Å²) in [6.45, 7) is 3.73. The van der Waals surface area contributed by atoms with E-state index in [9.17, 15) is 4.79 Å². The molecule has 10 nitrogen and oxygen atoms in total. The fraction of sp³-hybridized carbons (Fsp3) is 0.450. The molecule has 3 N–H and O–H groups in total. The van der Waals surface area contributed by atoms with Gasteiger partial charge in [0.1, 0.15) is 36.4 Å². The van der Waals surface area contributed by atoms with Gasteiger partial charge in [-0.25, -0.2) is 9.97 Å². The monoisotopic (exact) mass is 447 g/mol. The summed E-state index contributed by atoms with van der Waals surface area (Å²) in [7, 11) is 0. The highest BCUT2D eigenvalue weighted by Crippen LogP contribution is 2.50. The van der Waals surface area contributed by atoms with Crippen molar-refractivity contribution < 1.29 is 23.7 Å². The molecule has 1 unspecified atom stereocenters. The van der Waals surface area contributed by atoms with Crippen LogP contribution in [0.15, 0.2) is 30.6 Å². The summed E-state index contributed by atoms with van der Waals surface area (Å²) < 4.78 is 24.2. The summed E-state index contributed by atoms with van der Waals surface area (Å²) in [4.78, 5) is 21.7. The highest BCUT2D eigenvalue weighted by molar-refractivity contribution is 6.30. The largest absolute Gasteiger partial charge is 0.463 e. The van der Waals surface area contributed by atoms with E-state index in [2.05, 4.69) is 15.3 Å². The second-order valence-corrected chi connectivity index (χ2v) is 8.27. The Labute approximate surface area is 183 Å². The van der Waals surface area contributed by atoms with Crippen LogP contribution in [0.4, 0.5) is 17.3 Å². The number of ether oxygens (including phenoxy) is 4. The molecule has 0 radical (unpaired) electrons. The predicted molar refractivity (Wildman–Crippen MR) is 111 cm³/mol. The van der Waals surface area contributed by atoms with Crippen molar-refractivity contribution in [2.24, 2.45) is 0 Å². The summed E-state index contributed by atoms with van der Waals surface area (Å²) >= 11 is 6.02. The maximum atomic E-state index is 11.4. The van der Waals surface area contributed by atoms with Crippen molar-refractivity contribution in [3.05, 3.63) is 41.2 Å². The average molecular weight is 448 g/mol. The van der Waals surface area contributed by atoms with E-state index in [4.69, 9.17) is 36.3 Å². The number of rotatable bonds is 4. The highest BCUT2D eigenvalue weighted by Gasteiger charge is 2.64. The van der Waals surface area contributed by atoms with Crippen LogP contribution in [-0.2, 0) is 23.7 Å². The predicted octanol–water partition coefficient (Wildman–Crippen LogP) is 2.06. The number of fused-ring (bicyclic) bond motifs is 2. The quantitative estimate of drug-likeness (QED) is 0.673. The summed E-state index contributed by atoms with van der Waals surface area (Å²) in [5.41, 5.74) is 6.58. The van der Waals surface area contributed by atoms with Crippen molar-refractivity contribution in [2.75, 3.05) is 29.2 Å². The lowest BCUT2D eigenvalue weighted by Crippen LogP contribution is -2.52. The molecule has 2 aromatic rings. The van der Waals surface area contributed by atoms with Crippen LogP contribution in [0.2, 0.25) is 5.02 Å². The van der Waals surface area contributed by atoms with Gasteiger partial charge in [0, 0.05) is 17.5 Å². The van der Waals surface area contributed by atoms with Crippen molar-refractivity contribution in [3.63, 3.8) is 0 Å². The van der Waals surface area contributed by atoms with Crippen LogP contribution in [0, 0.1) is 0 Å². The van der Waals surface area contributed by atoms with Crippen molar-refractivity contribution >= 4 is 34.9 Å². The van der Waals surface area contributed by atoms with Gasteiger partial charge in [-0.05, 0) is 19.1 Å². The van der Waals surface area contributed by atoms with E-state index in [1.54, 1.807) is 12.1 Å². The van der Waals surface area contributed by atoms with Crippen molar-refractivity contribution in [1.82, 2.24) is 9.97 Å². The molecule has 4 heterocycles. The van der Waals surface area contributed by atoms with Crippen molar-refractivity contribution in [2.45, 2.75) is 44.2 Å². The maximum absolute atomic E-state index is 11.4. The Kier molecular flexibility index (Phi) is 4.89. The Hall–Kier alpha value is -2.66. The van der Waals surface area contributed by atoms with Crippen LogP contribution in [0.1, 0.15) is 25.7 Å². The number of carbonyl (C=O) groups is 1. The number of benzene rings is 1. The number of anilines is 3. The smallest absolute Gasteiger partial charge is 0.302 e. The van der Waals surface area contributed by atoms with Gasteiger partial charge in [0.15, 0.2) is 24.2 Å². The van der Waals surface area contributed by atoms with E-state index >= 15 is 0 Å². The molecule has 0 spiro atoms. The zero-order valence-electron chi connectivity index (χ0n) is 16.9. The first-order valence-electron chi connectivity index (χ1n) is 9.85. The number of nitrogens with two attached hydrogens (primary N) is 1. The van der Waals surface area contributed by atoms with Gasteiger partial charge >= 0.3 is 5.97 Å². The van der Waals surface area contributed by atoms with Gasteiger partial charge in [0.2, 0.25) is 0 Å². The van der Waals surface area contributed by atoms with Crippen LogP contribution in [-0.4, -0.2) is 53.2 Å². The van der Waals surface area contributed by atoms with Crippen LogP contribution in [0.3, 0.4) is 0 Å². The van der Waals surface area contributed by atoms with Gasteiger partial charge in [0.25, 0.3) is 0 Å². The second kappa shape index (κ2) is 7.49. The highest BCUT2D eigenvalue weighted by atomic mass is 35.5. The second-order valence-electron chi connectivity index (χ2n) is 7.83. The van der Waals surface area contributed by atoms with Crippen molar-refractivity contribution in [1.29, 1.82) is 0 Å². The SMILES string of the molecule is CC(=O)OC[C@H]1O[C@@H](N2CNc3c(N)ncnc32)[C@]2(C)OC(c3ccc(Cl)cc3)O[C@H]12. The fourth-order valence-electron chi connectivity index (χ4n) is 4.31. The van der Waals surface area contributed by atoms with Gasteiger partial charge in [-0.3, -0.25) is 4.79 Å². The molecule has 1 aromatic heterocycles. The average Bonchev–Trinajstić information content (AvgIpc) is 3.38. The van der Waals surface area contributed by atoms with Crippen LogP contribution in [0.5, 0.6) is 0 Å². The molecular formula is C20H22ClN5O5. The molecule has 11 heteroatoms. The Balaban J connectivity index is 1.47. The van der Waals surface area contributed by atoms with E-state index in [0.717, 1.165) is 5.56 Å². The minimum atomic E-state index is -0.877. The summed E-state index contributed by atoms with van der Waals surface area (Å²) in [6.07, 6.45) is -0.801. The molecule has 0 aliphatic carbocycles. The van der Waals surface area contributed by atoms with Crippen LogP contribution in [0.25, 0.3) is 0 Å². The molecule has 1 aromatic carbocycles. The number of hydrogen-bond acceptors (Lipinski definition) is 10. The van der Waals surface area contributed by atoms with E-state index in [1.807, 2.05) is 24.0 Å². The zero-order valence-corrected chi connectivity index (χ0v) is 17.7. The third-order valence-corrected chi connectivity index (χ3v) is 6.01. The first-order valence-corrected chi connectivity index (χ1v) is 10.2. The molecule has 164 valence electrons. The van der Waals surface area contributed by atoms with Gasteiger partial charge in [-0.15, -0.1) is 0 Å². The number of halogens is 1. The normalized spacial score (nSPS) is 31.3. The third-order valence-electron chi connectivity index (χ3n) is 5.76. The maximum Gasteiger partial charge on any atom is 0.302 e. The Morgan fingerprint density at radius 3 is 2.87 bits per heavy atom. The lowest BCUT2D eigenvalue weighted by atomic mass is 9.96. The lowest BCUT2D eigenvalue weighted by molar-refractivity contribution is -0.164. The van der Waals surface area contributed by atoms with Crippen LogP contribution < -0.4 is 16.0 Å². The lowest BCUT2D eigenvalue weighted by Gasteiger charge is -2.34. The number of hydrogen-bond donors (Lipinski definition) is 2. The number of esters is 1. The molecule has 0 saturated carbocycles. The zero-order chi connectivity index (χ0) is 21.8. The summed E-state index contributed by atoms with van der Waals surface area (Å²) in [5, 5.41) is 3.83. The van der Waals surface area contributed by atoms with E-state index in [1.165, 1.54) is 13.3 Å². The molecule has 3 aliphatic rings. The molecule has 2 fully saturated rings. The number of nitrogens with zero attached hydrogens (tertiary/aromatic N) is 3. The minimum Gasteiger partial charge on any atom is -0.463 e. The molecule has 0 bridgehead atoms. The fourth-order valence-corrected chi connectivity index (χ4v) is 4.43. The Morgan fingerprint density at radius 1 is 1.35 bits per heavy atom. The van der Waals surface area contributed by atoms with Gasteiger partial charge in [-0.1, -0.05) is 23.7 Å². The van der Waals surface area contributed by atoms with E-state index in [0.29, 0.717) is 29.0 Å². The first-order chi connectivity index (χ1) is 14.9. The number of nitrogens with one attached hydrogen (secondary N) is 1. The van der Waals surface area contributed by atoms with E-state index < -0.39 is 36.3 Å². The Morgan fingerprint density at radius 2 is 2.13 bits per heavy atom. The molecule has 2 saturated heterocycles. The molecule has 3 aliphatic heterocycles.